The summed E-state index contributed by atoms with van der Waals surface area (Å²) >= 11 is 0. The van der Waals surface area contributed by atoms with Gasteiger partial charge in [-0.25, -0.2) is 10.2 Å². The van der Waals surface area contributed by atoms with Crippen LogP contribution in [0.25, 0.3) is 33.3 Å². The van der Waals surface area contributed by atoms with Crippen LogP contribution in [-0.4, -0.2) is 123 Å². The monoisotopic (exact) mass is 876 g/mol. The maximum absolute atomic E-state index is 14.7. The molecule has 4 aliphatic rings. The SMILES string of the molecule is CCn1c(-c2cccnc2[C@H](C)OC)c2c3cc(ccc31)-c1cc(O)cc(c1)C[C@H](NC(=O)[C@H](C(C)C)N1CCN(C(=O)[C@@H]3CN3)C1=O)C(=O)N1CCC[C@H](N1)C(=O)OCC(C)(C)C2. The maximum atomic E-state index is 14.7. The summed E-state index contributed by atoms with van der Waals surface area (Å²) < 4.78 is 14.2. The second kappa shape index (κ2) is 18.0. The van der Waals surface area contributed by atoms with Crippen LogP contribution >= 0.6 is 0 Å². The highest BCUT2D eigenvalue weighted by molar-refractivity contribution is 6.02. The van der Waals surface area contributed by atoms with Gasteiger partial charge in [0.05, 0.1) is 24.1 Å². The minimum absolute atomic E-state index is 0.0159. The molecule has 3 fully saturated rings. The smallest absolute Gasteiger partial charge is 0.327 e. The zero-order valence-corrected chi connectivity index (χ0v) is 37.8. The molecule has 340 valence electrons. The van der Waals surface area contributed by atoms with Crippen molar-refractivity contribution in [3.63, 3.8) is 0 Å². The lowest BCUT2D eigenvalue weighted by Gasteiger charge is -2.36. The average molecular weight is 877 g/mol. The number of nitrogens with zero attached hydrogens (tertiary/aromatic N) is 5. The van der Waals surface area contributed by atoms with Crippen molar-refractivity contribution < 1.29 is 38.6 Å². The number of phenols is 1. The number of esters is 1. The number of urea groups is 1. The molecule has 0 unspecified atom stereocenters. The molecular formula is C48H60N8O8. The third-order valence-corrected chi connectivity index (χ3v) is 12.9. The number of ether oxygens (including phenoxy) is 2. The molecule has 5 amide bonds. The molecule has 0 aliphatic carbocycles. The number of hydrogen-bond acceptors (Lipinski definition) is 11. The molecule has 4 aliphatic heterocycles. The number of rotatable bonds is 9. The number of aryl methyl sites for hydroxylation is 1. The molecule has 16 nitrogen and oxygen atoms in total. The largest absolute Gasteiger partial charge is 0.508 e. The number of cyclic esters (lactones) is 1. The van der Waals surface area contributed by atoms with Crippen LogP contribution in [0.3, 0.4) is 0 Å². The first-order chi connectivity index (χ1) is 30.6. The van der Waals surface area contributed by atoms with E-state index in [1.54, 1.807) is 25.4 Å². The molecular weight excluding hydrogens is 817 g/mol. The Morgan fingerprint density at radius 1 is 1.05 bits per heavy atom. The number of hydrazine groups is 1. The lowest BCUT2D eigenvalue weighted by atomic mass is 9.84. The molecule has 5 atom stereocenters. The van der Waals surface area contributed by atoms with Crippen LogP contribution in [0.5, 0.6) is 5.75 Å². The fourth-order valence-electron chi connectivity index (χ4n) is 9.57. The average Bonchev–Trinajstić information content (AvgIpc) is 4.01. The van der Waals surface area contributed by atoms with Crippen LogP contribution in [-0.2, 0) is 48.0 Å². The van der Waals surface area contributed by atoms with Gasteiger partial charge in [-0.2, -0.15) is 0 Å². The van der Waals surface area contributed by atoms with Gasteiger partial charge in [0.2, 0.25) is 11.8 Å². The third kappa shape index (κ3) is 8.82. The first-order valence-electron chi connectivity index (χ1n) is 22.5. The highest BCUT2D eigenvalue weighted by Gasteiger charge is 2.46. The number of aromatic nitrogens is 2. The van der Waals surface area contributed by atoms with Gasteiger partial charge in [0.1, 0.15) is 29.9 Å². The van der Waals surface area contributed by atoms with Crippen molar-refractivity contribution in [2.24, 2.45) is 11.3 Å². The number of nitrogens with one attached hydrogen (secondary N) is 3. The number of amides is 5. The van der Waals surface area contributed by atoms with Crippen molar-refractivity contribution in [1.29, 1.82) is 0 Å². The summed E-state index contributed by atoms with van der Waals surface area (Å²) in [6.45, 7) is 13.7. The minimum Gasteiger partial charge on any atom is -0.508 e. The van der Waals surface area contributed by atoms with Crippen LogP contribution < -0.4 is 16.1 Å². The molecule has 8 rings (SSSR count). The topological polar surface area (TPSA) is 198 Å². The van der Waals surface area contributed by atoms with E-state index in [1.807, 2.05) is 39.0 Å². The number of phenolic OH excluding ortho intramolecular Hbond substituents is 1. The first-order valence-corrected chi connectivity index (χ1v) is 22.5. The maximum Gasteiger partial charge on any atom is 0.327 e. The predicted octanol–water partition coefficient (Wildman–Crippen LogP) is 4.71. The van der Waals surface area contributed by atoms with E-state index in [2.05, 4.69) is 59.6 Å². The van der Waals surface area contributed by atoms with Crippen molar-refractivity contribution in [2.75, 3.05) is 39.9 Å². The van der Waals surface area contributed by atoms with E-state index >= 15 is 0 Å². The summed E-state index contributed by atoms with van der Waals surface area (Å²) in [5, 5.41) is 19.6. The lowest BCUT2D eigenvalue weighted by molar-refractivity contribution is -0.155. The van der Waals surface area contributed by atoms with E-state index in [4.69, 9.17) is 14.5 Å². The van der Waals surface area contributed by atoms with Crippen molar-refractivity contribution in [1.82, 2.24) is 40.4 Å². The Morgan fingerprint density at radius 2 is 1.83 bits per heavy atom. The number of pyridine rings is 1. The number of benzene rings is 2. The minimum atomic E-state index is -1.17. The van der Waals surface area contributed by atoms with Crippen molar-refractivity contribution >= 4 is 40.6 Å². The molecule has 64 heavy (non-hydrogen) atoms. The Hall–Kier alpha value is -5.84. The molecule has 0 spiro atoms. The molecule has 2 aromatic heterocycles. The van der Waals surface area contributed by atoms with Gasteiger partial charge in [0.15, 0.2) is 0 Å². The molecule has 0 saturated carbocycles. The van der Waals surface area contributed by atoms with E-state index in [9.17, 15) is 29.1 Å². The Labute approximate surface area is 373 Å². The molecule has 6 bridgehead atoms. The predicted molar refractivity (Wildman–Crippen MR) is 240 cm³/mol. The normalized spacial score (nSPS) is 22.3. The summed E-state index contributed by atoms with van der Waals surface area (Å²) in [5.74, 6) is -2.23. The number of aromatic hydroxyl groups is 1. The van der Waals surface area contributed by atoms with Crippen LogP contribution in [0.2, 0.25) is 0 Å². The molecule has 4 N–H and O–H groups in total. The molecule has 16 heteroatoms. The van der Waals surface area contributed by atoms with Gasteiger partial charge in [-0.3, -0.25) is 34.1 Å². The molecule has 2 aromatic carbocycles. The van der Waals surface area contributed by atoms with Gasteiger partial charge in [0, 0.05) is 74.3 Å². The molecule has 0 radical (unpaired) electrons. The van der Waals surface area contributed by atoms with Crippen LogP contribution in [0.15, 0.2) is 54.7 Å². The van der Waals surface area contributed by atoms with Gasteiger partial charge >= 0.3 is 12.0 Å². The van der Waals surface area contributed by atoms with E-state index in [0.29, 0.717) is 43.5 Å². The molecule has 4 aromatic rings. The number of carbonyl (C=O) groups is 5. The third-order valence-electron chi connectivity index (χ3n) is 12.9. The zero-order valence-electron chi connectivity index (χ0n) is 37.8. The fraction of sp³-hybridized carbons (Fsp3) is 0.500. The van der Waals surface area contributed by atoms with Gasteiger partial charge in [0.25, 0.3) is 5.91 Å². The standard InChI is InChI=1S/C48H60N8O8/c1-8-53-39-14-13-30-23-34(39)35(42(53)33-11-9-15-49-40(33)28(4)63-7)24-48(5,6)26-64-46(61)36-12-10-16-56(52-36)45(60)37(21-29-19-31(30)22-32(57)20-29)51-43(58)41(27(2)3)54-17-18-55(47(54)62)44(59)38-25-50-38/h9,11,13-15,19-20,22-23,27-28,36-38,41,50,52,57H,8,10,12,16-18,21,24-26H2,1-7H3,(H,51,58)/t28-,36-,37-,38-,41-/m0/s1. The zero-order chi connectivity index (χ0) is 45.6. The van der Waals surface area contributed by atoms with E-state index < -0.39 is 53.4 Å². The second-order valence-corrected chi connectivity index (χ2v) is 18.6. The van der Waals surface area contributed by atoms with Gasteiger partial charge < -0.3 is 34.7 Å². The van der Waals surface area contributed by atoms with E-state index in [-0.39, 0.29) is 56.3 Å². The summed E-state index contributed by atoms with van der Waals surface area (Å²) in [5.41, 5.74) is 9.50. The summed E-state index contributed by atoms with van der Waals surface area (Å²) in [7, 11) is 1.67. The van der Waals surface area contributed by atoms with Gasteiger partial charge in [-0.05, 0) is 97.7 Å². The number of imide groups is 1. The summed E-state index contributed by atoms with van der Waals surface area (Å²) in [6.07, 6.45) is 2.95. The highest BCUT2D eigenvalue weighted by Crippen LogP contribution is 2.42. The summed E-state index contributed by atoms with van der Waals surface area (Å²) in [6, 6.07) is 11.5. The van der Waals surface area contributed by atoms with E-state index in [1.165, 1.54) is 14.8 Å². The Morgan fingerprint density at radius 3 is 2.55 bits per heavy atom. The van der Waals surface area contributed by atoms with Crippen molar-refractivity contribution in [2.45, 2.75) is 104 Å². The number of hydrogen-bond donors (Lipinski definition) is 4. The van der Waals surface area contributed by atoms with E-state index in [0.717, 1.165) is 39.0 Å². The Kier molecular flexibility index (Phi) is 12.6. The van der Waals surface area contributed by atoms with Crippen LogP contribution in [0.4, 0.5) is 4.79 Å². The van der Waals surface area contributed by atoms with Crippen molar-refractivity contribution in [3.8, 4) is 28.1 Å². The molecule has 3 saturated heterocycles. The number of methoxy groups -OCH3 is 1. The quantitative estimate of drug-likeness (QED) is 0.134. The first kappa shape index (κ1) is 44.8. The number of fused-ring (bicyclic) bond motifs is 6. The summed E-state index contributed by atoms with van der Waals surface area (Å²) in [4.78, 5) is 76.9. The molecule has 6 heterocycles. The lowest BCUT2D eigenvalue weighted by Crippen LogP contribution is -2.62. The highest BCUT2D eigenvalue weighted by atomic mass is 16.5. The van der Waals surface area contributed by atoms with Crippen molar-refractivity contribution in [3.05, 3.63) is 71.5 Å². The Bertz CT molecular complexity index is 2480. The van der Waals surface area contributed by atoms with Gasteiger partial charge in [-0.1, -0.05) is 39.8 Å². The Balaban J connectivity index is 1.22. The van der Waals surface area contributed by atoms with Gasteiger partial charge in [-0.15, -0.1) is 0 Å². The second-order valence-electron chi connectivity index (χ2n) is 18.6. The van der Waals surface area contributed by atoms with Crippen LogP contribution in [0.1, 0.15) is 77.3 Å². The fourth-order valence-corrected chi connectivity index (χ4v) is 9.57. The number of carbonyl (C=O) groups excluding carboxylic acids is 5. The van der Waals surface area contributed by atoms with Crippen LogP contribution in [0, 0.1) is 11.3 Å².